The minimum Gasteiger partial charge on any atom is -0.494 e. The normalized spacial score (nSPS) is 17.4. The van der Waals surface area contributed by atoms with Gasteiger partial charge in [-0.1, -0.05) is 13.0 Å². The van der Waals surface area contributed by atoms with Crippen LogP contribution in [0, 0.1) is 0 Å². The van der Waals surface area contributed by atoms with Gasteiger partial charge in [0.2, 0.25) is 0 Å². The summed E-state index contributed by atoms with van der Waals surface area (Å²) in [5, 5.41) is 3.48. The van der Waals surface area contributed by atoms with Gasteiger partial charge in [-0.2, -0.15) is 0 Å². The number of likely N-dealkylation sites (tertiary alicyclic amines) is 1. The molecule has 3 nitrogen and oxygen atoms in total. The Morgan fingerprint density at radius 3 is 2.65 bits per heavy atom. The summed E-state index contributed by atoms with van der Waals surface area (Å²) in [4.78, 5) is 2.53. The average molecular weight is 276 g/mol. The van der Waals surface area contributed by atoms with Crippen LogP contribution >= 0.6 is 0 Å². The molecule has 0 aromatic heterocycles. The molecule has 112 valence electrons. The van der Waals surface area contributed by atoms with Gasteiger partial charge in [0.05, 0.1) is 6.61 Å². The van der Waals surface area contributed by atoms with Crippen molar-refractivity contribution in [3.63, 3.8) is 0 Å². The number of hydrogen-bond acceptors (Lipinski definition) is 3. The molecule has 0 bridgehead atoms. The summed E-state index contributed by atoms with van der Waals surface area (Å²) in [6.45, 7) is 11.6. The molecule has 1 N–H and O–H groups in total. The molecule has 0 saturated carbocycles. The average Bonchev–Trinajstić information content (AvgIpc) is 2.94. The van der Waals surface area contributed by atoms with Gasteiger partial charge in [-0.25, -0.2) is 0 Å². The summed E-state index contributed by atoms with van der Waals surface area (Å²) in [6, 6.07) is 7.04. The fourth-order valence-electron chi connectivity index (χ4n) is 2.89. The molecule has 1 aromatic rings. The summed E-state index contributed by atoms with van der Waals surface area (Å²) >= 11 is 0. The van der Waals surface area contributed by atoms with Crippen LogP contribution in [-0.4, -0.2) is 31.1 Å². The third-order valence-electron chi connectivity index (χ3n) is 3.99. The lowest BCUT2D eigenvalue weighted by Gasteiger charge is -2.20. The van der Waals surface area contributed by atoms with Crippen molar-refractivity contribution in [1.29, 1.82) is 0 Å². The van der Waals surface area contributed by atoms with Crippen LogP contribution in [0.1, 0.15) is 50.8 Å². The maximum absolute atomic E-state index is 5.79. The first-order valence-electron chi connectivity index (χ1n) is 7.96. The number of nitrogens with one attached hydrogen (secondary N) is 1. The van der Waals surface area contributed by atoms with E-state index in [4.69, 9.17) is 4.74 Å². The fourth-order valence-corrected chi connectivity index (χ4v) is 2.89. The van der Waals surface area contributed by atoms with Gasteiger partial charge in [0.1, 0.15) is 5.75 Å². The lowest BCUT2D eigenvalue weighted by molar-refractivity contribution is 0.304. The van der Waals surface area contributed by atoms with Gasteiger partial charge in [0.15, 0.2) is 0 Å². The SMILES string of the molecule is CCNC(C)c1ccc(OCC)c(CN2CCCC2)c1. The van der Waals surface area contributed by atoms with Gasteiger partial charge in [-0.3, -0.25) is 4.90 Å². The molecule has 1 saturated heterocycles. The molecule has 1 aliphatic heterocycles. The van der Waals surface area contributed by atoms with Crippen LogP contribution in [0.5, 0.6) is 5.75 Å². The first kappa shape index (κ1) is 15.3. The summed E-state index contributed by atoms with van der Waals surface area (Å²) in [5.41, 5.74) is 2.68. The fraction of sp³-hybridized carbons (Fsp3) is 0.647. The van der Waals surface area contributed by atoms with Crippen molar-refractivity contribution in [1.82, 2.24) is 10.2 Å². The standard InChI is InChI=1S/C17H28N2O/c1-4-18-14(3)15-8-9-17(20-5-2)16(12-15)13-19-10-6-7-11-19/h8-9,12,14,18H,4-7,10-11,13H2,1-3H3. The predicted octanol–water partition coefficient (Wildman–Crippen LogP) is 3.35. The number of rotatable bonds is 7. The molecule has 1 heterocycles. The molecule has 2 rings (SSSR count). The Morgan fingerprint density at radius 1 is 1.25 bits per heavy atom. The highest BCUT2D eigenvalue weighted by Crippen LogP contribution is 2.26. The predicted molar refractivity (Wildman–Crippen MR) is 84.2 cm³/mol. The second kappa shape index (κ2) is 7.65. The summed E-state index contributed by atoms with van der Waals surface area (Å²) in [6.07, 6.45) is 2.66. The second-order valence-electron chi connectivity index (χ2n) is 5.56. The minimum atomic E-state index is 0.396. The molecule has 1 aromatic carbocycles. The molecule has 0 radical (unpaired) electrons. The Hall–Kier alpha value is -1.06. The van der Waals surface area contributed by atoms with E-state index in [2.05, 4.69) is 49.2 Å². The lowest BCUT2D eigenvalue weighted by Crippen LogP contribution is -2.20. The van der Waals surface area contributed by atoms with E-state index in [0.29, 0.717) is 6.04 Å². The number of benzene rings is 1. The Morgan fingerprint density at radius 2 is 2.00 bits per heavy atom. The van der Waals surface area contributed by atoms with E-state index >= 15 is 0 Å². The van der Waals surface area contributed by atoms with Gasteiger partial charge < -0.3 is 10.1 Å². The lowest BCUT2D eigenvalue weighted by atomic mass is 10.0. The van der Waals surface area contributed by atoms with Gasteiger partial charge >= 0.3 is 0 Å². The Balaban J connectivity index is 2.16. The quantitative estimate of drug-likeness (QED) is 0.826. The van der Waals surface area contributed by atoms with Crippen LogP contribution in [0.3, 0.4) is 0 Å². The number of hydrogen-bond donors (Lipinski definition) is 1. The van der Waals surface area contributed by atoms with E-state index in [1.807, 2.05) is 0 Å². The van der Waals surface area contributed by atoms with E-state index in [0.717, 1.165) is 25.4 Å². The Kier molecular flexibility index (Phi) is 5.86. The smallest absolute Gasteiger partial charge is 0.123 e. The summed E-state index contributed by atoms with van der Waals surface area (Å²) < 4.78 is 5.79. The van der Waals surface area contributed by atoms with E-state index in [9.17, 15) is 0 Å². The van der Waals surface area contributed by atoms with Crippen molar-refractivity contribution in [2.45, 2.75) is 46.2 Å². The molecule has 3 heteroatoms. The maximum atomic E-state index is 5.79. The van der Waals surface area contributed by atoms with Crippen LogP contribution in [0.4, 0.5) is 0 Å². The first-order valence-corrected chi connectivity index (χ1v) is 7.96. The minimum absolute atomic E-state index is 0.396. The molecule has 0 amide bonds. The van der Waals surface area contributed by atoms with Crippen LogP contribution < -0.4 is 10.1 Å². The highest BCUT2D eigenvalue weighted by Gasteiger charge is 2.15. The van der Waals surface area contributed by atoms with Gasteiger partial charge in [-0.15, -0.1) is 0 Å². The van der Waals surface area contributed by atoms with Crippen LogP contribution in [-0.2, 0) is 6.54 Å². The van der Waals surface area contributed by atoms with Crippen molar-refractivity contribution in [3.8, 4) is 5.75 Å². The maximum Gasteiger partial charge on any atom is 0.123 e. The largest absolute Gasteiger partial charge is 0.494 e. The molecule has 0 spiro atoms. The van der Waals surface area contributed by atoms with Crippen molar-refractivity contribution in [2.75, 3.05) is 26.2 Å². The van der Waals surface area contributed by atoms with Crippen molar-refractivity contribution >= 4 is 0 Å². The zero-order valence-electron chi connectivity index (χ0n) is 13.1. The molecule has 1 atom stereocenters. The van der Waals surface area contributed by atoms with Crippen molar-refractivity contribution in [3.05, 3.63) is 29.3 Å². The molecule has 1 fully saturated rings. The number of nitrogens with zero attached hydrogens (tertiary/aromatic N) is 1. The highest BCUT2D eigenvalue weighted by atomic mass is 16.5. The summed E-state index contributed by atoms with van der Waals surface area (Å²) in [5.74, 6) is 1.05. The Labute approximate surface area is 123 Å². The van der Waals surface area contributed by atoms with Crippen LogP contribution in [0.2, 0.25) is 0 Å². The zero-order chi connectivity index (χ0) is 14.4. The number of ether oxygens (including phenoxy) is 1. The third kappa shape index (κ3) is 3.97. The molecular formula is C17H28N2O. The first-order chi connectivity index (χ1) is 9.74. The topological polar surface area (TPSA) is 24.5 Å². The third-order valence-corrected chi connectivity index (χ3v) is 3.99. The second-order valence-corrected chi connectivity index (χ2v) is 5.56. The van der Waals surface area contributed by atoms with Gasteiger partial charge in [0.25, 0.3) is 0 Å². The molecule has 0 aliphatic carbocycles. The van der Waals surface area contributed by atoms with E-state index in [-0.39, 0.29) is 0 Å². The molecule has 20 heavy (non-hydrogen) atoms. The zero-order valence-corrected chi connectivity index (χ0v) is 13.1. The molecular weight excluding hydrogens is 248 g/mol. The highest BCUT2D eigenvalue weighted by molar-refractivity contribution is 5.38. The Bertz CT molecular complexity index is 413. The van der Waals surface area contributed by atoms with E-state index in [1.54, 1.807) is 0 Å². The molecule has 1 aliphatic rings. The monoisotopic (exact) mass is 276 g/mol. The van der Waals surface area contributed by atoms with Gasteiger partial charge in [-0.05, 0) is 64.0 Å². The van der Waals surface area contributed by atoms with Crippen LogP contribution in [0.25, 0.3) is 0 Å². The van der Waals surface area contributed by atoms with Crippen molar-refractivity contribution < 1.29 is 4.74 Å². The van der Waals surface area contributed by atoms with E-state index < -0.39 is 0 Å². The van der Waals surface area contributed by atoms with Gasteiger partial charge in [0, 0.05) is 18.2 Å². The van der Waals surface area contributed by atoms with E-state index in [1.165, 1.54) is 37.1 Å². The van der Waals surface area contributed by atoms with Crippen molar-refractivity contribution in [2.24, 2.45) is 0 Å². The van der Waals surface area contributed by atoms with Crippen LogP contribution in [0.15, 0.2) is 18.2 Å². The summed E-state index contributed by atoms with van der Waals surface area (Å²) in [7, 11) is 0. The molecule has 1 unspecified atom stereocenters.